The number of nitrogens with zero attached hydrogens (tertiary/aromatic N) is 4. The van der Waals surface area contributed by atoms with Crippen LogP contribution in [0, 0.1) is 5.92 Å². The minimum absolute atomic E-state index is 0.0905. The van der Waals surface area contributed by atoms with Gasteiger partial charge in [-0.2, -0.15) is 5.10 Å². The number of likely N-dealkylation sites (tertiary alicyclic amines) is 1. The highest BCUT2D eigenvalue weighted by molar-refractivity contribution is 6.30. The molecule has 3 aromatic rings. The maximum Gasteiger partial charge on any atom is 0.309 e. The molecule has 1 aromatic carbocycles. The van der Waals surface area contributed by atoms with Gasteiger partial charge in [-0.1, -0.05) is 11.6 Å². The third-order valence-corrected chi connectivity index (χ3v) is 6.21. The topological polar surface area (TPSA) is 97.9 Å². The molecule has 35 heavy (non-hydrogen) atoms. The predicted molar refractivity (Wildman–Crippen MR) is 129 cm³/mol. The lowest BCUT2D eigenvalue weighted by atomic mass is 9.97. The number of hydrogen-bond acceptors (Lipinski definition) is 6. The average molecular weight is 499 g/mol. The van der Waals surface area contributed by atoms with Crippen molar-refractivity contribution in [2.45, 2.75) is 19.8 Å². The number of hydrogen-bond donors (Lipinski definition) is 0. The number of halogens is 1. The molecule has 0 radical (unpaired) electrons. The first-order chi connectivity index (χ1) is 16.9. The van der Waals surface area contributed by atoms with E-state index in [4.69, 9.17) is 20.8 Å². The molecule has 0 spiro atoms. The highest BCUT2D eigenvalue weighted by Gasteiger charge is 2.29. The molecule has 1 fully saturated rings. The van der Waals surface area contributed by atoms with E-state index in [1.54, 1.807) is 72.3 Å². The third kappa shape index (κ3) is 5.57. The van der Waals surface area contributed by atoms with E-state index in [2.05, 4.69) is 5.10 Å². The van der Waals surface area contributed by atoms with Gasteiger partial charge in [0.25, 0.3) is 5.91 Å². The molecule has 1 aliphatic heterocycles. The fraction of sp³-hybridized carbons (Fsp3) is 0.360. The van der Waals surface area contributed by atoms with Gasteiger partial charge < -0.3 is 19.0 Å². The van der Waals surface area contributed by atoms with Crippen LogP contribution in [0.3, 0.4) is 0 Å². The van der Waals surface area contributed by atoms with Crippen LogP contribution >= 0.6 is 11.6 Å². The van der Waals surface area contributed by atoms with E-state index in [0.717, 1.165) is 0 Å². The Morgan fingerprint density at radius 3 is 2.51 bits per heavy atom. The number of carbonyl (C=O) groups excluding carboxylic acids is 3. The zero-order valence-electron chi connectivity index (χ0n) is 19.6. The maximum atomic E-state index is 13.2. The lowest BCUT2D eigenvalue weighted by Crippen LogP contribution is -2.45. The molecule has 9 nitrogen and oxygen atoms in total. The van der Waals surface area contributed by atoms with Crippen molar-refractivity contribution in [3.63, 3.8) is 0 Å². The monoisotopic (exact) mass is 498 g/mol. The summed E-state index contributed by atoms with van der Waals surface area (Å²) in [5.74, 6) is -0.410. The lowest BCUT2D eigenvalue weighted by molar-refractivity contribution is -0.151. The number of likely N-dealkylation sites (N-methyl/N-ethyl adjacent to an activating group) is 1. The van der Waals surface area contributed by atoms with Crippen LogP contribution in [-0.2, 0) is 14.3 Å². The minimum atomic E-state index is -0.389. The Kier molecular flexibility index (Phi) is 7.55. The second-order valence-corrected chi connectivity index (χ2v) is 8.79. The molecule has 0 saturated carbocycles. The number of benzene rings is 1. The van der Waals surface area contributed by atoms with E-state index in [9.17, 15) is 14.4 Å². The van der Waals surface area contributed by atoms with Gasteiger partial charge >= 0.3 is 5.97 Å². The van der Waals surface area contributed by atoms with Crippen molar-refractivity contribution in [1.29, 1.82) is 0 Å². The van der Waals surface area contributed by atoms with Gasteiger partial charge in [-0.25, -0.2) is 4.68 Å². The number of piperidine rings is 1. The molecule has 1 saturated heterocycles. The maximum absolute atomic E-state index is 13.2. The second-order valence-electron chi connectivity index (χ2n) is 8.35. The summed E-state index contributed by atoms with van der Waals surface area (Å²) in [4.78, 5) is 40.9. The van der Waals surface area contributed by atoms with Crippen molar-refractivity contribution < 1.29 is 23.5 Å². The van der Waals surface area contributed by atoms with Crippen LogP contribution in [0.15, 0.2) is 53.1 Å². The first kappa shape index (κ1) is 24.5. The first-order valence-corrected chi connectivity index (χ1v) is 11.8. The van der Waals surface area contributed by atoms with Crippen molar-refractivity contribution in [3.05, 3.63) is 59.4 Å². The van der Waals surface area contributed by atoms with E-state index in [1.807, 2.05) is 0 Å². The zero-order valence-corrected chi connectivity index (χ0v) is 20.4. The number of aromatic nitrogens is 2. The first-order valence-electron chi connectivity index (χ1n) is 11.5. The van der Waals surface area contributed by atoms with E-state index < -0.39 is 0 Å². The number of rotatable bonds is 7. The molecule has 0 atom stereocenters. The summed E-state index contributed by atoms with van der Waals surface area (Å²) < 4.78 is 12.2. The van der Waals surface area contributed by atoms with Crippen LogP contribution in [0.5, 0.6) is 0 Å². The van der Waals surface area contributed by atoms with E-state index >= 15 is 0 Å². The normalized spacial score (nSPS) is 14.1. The Balaban J connectivity index is 1.45. The SMILES string of the molecule is CCOC(=O)C1CCN(C(=O)CN(C)C(=O)c2cc(-c3ccco3)n(-c3ccc(Cl)cc3)n2)CC1. The van der Waals surface area contributed by atoms with Crippen LogP contribution in [0.25, 0.3) is 17.1 Å². The fourth-order valence-electron chi connectivity index (χ4n) is 4.06. The molecule has 0 bridgehead atoms. The summed E-state index contributed by atoms with van der Waals surface area (Å²) in [7, 11) is 1.57. The largest absolute Gasteiger partial charge is 0.466 e. The molecular weight excluding hydrogens is 472 g/mol. The Hall–Kier alpha value is -3.59. The number of ether oxygens (including phenoxy) is 1. The zero-order chi connectivity index (χ0) is 24.9. The summed E-state index contributed by atoms with van der Waals surface area (Å²) in [6.07, 6.45) is 2.66. The predicted octanol–water partition coefficient (Wildman–Crippen LogP) is 3.66. The van der Waals surface area contributed by atoms with Gasteiger partial charge in [0.15, 0.2) is 11.5 Å². The number of carbonyl (C=O) groups is 3. The number of furan rings is 1. The lowest BCUT2D eigenvalue weighted by Gasteiger charge is -2.32. The van der Waals surface area contributed by atoms with Gasteiger partial charge in [-0.05, 0) is 56.2 Å². The summed E-state index contributed by atoms with van der Waals surface area (Å²) in [5, 5.41) is 5.08. The van der Waals surface area contributed by atoms with Crippen molar-refractivity contribution in [1.82, 2.24) is 19.6 Å². The molecular formula is C25H27ClN4O5. The molecule has 0 N–H and O–H groups in total. The second kappa shape index (κ2) is 10.8. The quantitative estimate of drug-likeness (QED) is 0.461. The minimum Gasteiger partial charge on any atom is -0.466 e. The van der Waals surface area contributed by atoms with Crippen LogP contribution in [0.1, 0.15) is 30.3 Å². The van der Waals surface area contributed by atoms with Crippen molar-refractivity contribution >= 4 is 29.4 Å². The smallest absolute Gasteiger partial charge is 0.309 e. The molecule has 1 aliphatic rings. The molecule has 0 aliphatic carbocycles. The summed E-state index contributed by atoms with van der Waals surface area (Å²) in [6.45, 7) is 2.95. The van der Waals surface area contributed by atoms with Gasteiger partial charge in [0.1, 0.15) is 5.69 Å². The van der Waals surface area contributed by atoms with E-state index in [0.29, 0.717) is 54.7 Å². The highest BCUT2D eigenvalue weighted by Crippen LogP contribution is 2.26. The molecule has 2 aromatic heterocycles. The van der Waals surface area contributed by atoms with E-state index in [1.165, 1.54) is 4.90 Å². The van der Waals surface area contributed by atoms with E-state index in [-0.39, 0.29) is 35.9 Å². The highest BCUT2D eigenvalue weighted by atomic mass is 35.5. The van der Waals surface area contributed by atoms with Gasteiger partial charge in [0.2, 0.25) is 5.91 Å². The Labute approximate surface area is 208 Å². The molecule has 4 rings (SSSR count). The van der Waals surface area contributed by atoms with Gasteiger partial charge in [0, 0.05) is 31.2 Å². The Morgan fingerprint density at radius 1 is 1.17 bits per heavy atom. The number of amides is 2. The van der Waals surface area contributed by atoms with Gasteiger partial charge in [-0.15, -0.1) is 0 Å². The van der Waals surface area contributed by atoms with Crippen LogP contribution in [-0.4, -0.2) is 70.7 Å². The fourth-order valence-corrected chi connectivity index (χ4v) is 4.19. The Bertz CT molecular complexity index is 1180. The molecule has 10 heteroatoms. The molecule has 0 unspecified atom stereocenters. The molecule has 184 valence electrons. The van der Waals surface area contributed by atoms with Crippen molar-refractivity contribution in [3.8, 4) is 17.1 Å². The van der Waals surface area contributed by atoms with Crippen molar-refractivity contribution in [2.24, 2.45) is 5.92 Å². The summed E-state index contributed by atoms with van der Waals surface area (Å²) in [5.41, 5.74) is 1.49. The van der Waals surface area contributed by atoms with Crippen LogP contribution < -0.4 is 0 Å². The molecule has 3 heterocycles. The average Bonchev–Trinajstić information content (AvgIpc) is 3.54. The van der Waals surface area contributed by atoms with Crippen LogP contribution in [0.4, 0.5) is 0 Å². The third-order valence-electron chi connectivity index (χ3n) is 5.96. The molecule has 2 amide bonds. The van der Waals surface area contributed by atoms with Crippen molar-refractivity contribution in [2.75, 3.05) is 33.3 Å². The summed E-state index contributed by atoms with van der Waals surface area (Å²) >= 11 is 6.02. The van der Waals surface area contributed by atoms with Gasteiger partial charge in [-0.3, -0.25) is 14.4 Å². The summed E-state index contributed by atoms with van der Waals surface area (Å²) in [6, 6.07) is 12.2. The standard InChI is InChI=1S/C25H27ClN4O5/c1-3-34-25(33)17-10-12-29(13-11-17)23(31)16-28(2)24(32)20-15-21(22-5-4-14-35-22)30(27-20)19-8-6-18(26)7-9-19/h4-9,14-15,17H,3,10-13,16H2,1-2H3. The Morgan fingerprint density at radius 2 is 1.89 bits per heavy atom. The number of esters is 1. The van der Waals surface area contributed by atoms with Crippen LogP contribution in [0.2, 0.25) is 5.02 Å². The van der Waals surface area contributed by atoms with Gasteiger partial charge in [0.05, 0.1) is 31.0 Å².